The van der Waals surface area contributed by atoms with E-state index in [1.807, 2.05) is 13.0 Å². The molecule has 4 heteroatoms. The number of aliphatic hydroxyl groups is 1. The van der Waals surface area contributed by atoms with Crippen molar-refractivity contribution in [2.24, 2.45) is 0 Å². The van der Waals surface area contributed by atoms with Crippen molar-refractivity contribution in [2.45, 2.75) is 19.4 Å². The molecule has 1 rings (SSSR count). The average molecular weight is 191 g/mol. The Morgan fingerprint density at radius 3 is 2.86 bits per heavy atom. The monoisotopic (exact) mass is 191 g/mol. The van der Waals surface area contributed by atoms with E-state index >= 15 is 0 Å². The number of pyridine rings is 1. The molecule has 2 N–H and O–H groups in total. The molecule has 14 heavy (non-hydrogen) atoms. The molecule has 0 aliphatic carbocycles. The molecule has 0 saturated carbocycles. The highest BCUT2D eigenvalue weighted by molar-refractivity contribution is 5.39. The Kier molecular flexibility index (Phi) is 3.89. The second kappa shape index (κ2) is 5.20. The van der Waals surface area contributed by atoms with Crippen LogP contribution in [0, 0.1) is 11.3 Å². The van der Waals surface area contributed by atoms with E-state index in [4.69, 9.17) is 10.4 Å². The van der Waals surface area contributed by atoms with Gasteiger partial charge < -0.3 is 10.4 Å². The fourth-order valence-corrected chi connectivity index (χ4v) is 1.03. The van der Waals surface area contributed by atoms with Crippen LogP contribution < -0.4 is 5.32 Å². The Balaban J connectivity index is 2.64. The number of hydrogen-bond donors (Lipinski definition) is 2. The first-order chi connectivity index (χ1) is 6.80. The highest BCUT2D eigenvalue weighted by Gasteiger charge is 2.04. The van der Waals surface area contributed by atoms with Gasteiger partial charge in [0.15, 0.2) is 0 Å². The minimum absolute atomic E-state index is 0.0236. The fourth-order valence-electron chi connectivity index (χ4n) is 1.03. The lowest BCUT2D eigenvalue weighted by atomic mass is 10.2. The molecule has 0 saturated heterocycles. The van der Waals surface area contributed by atoms with Gasteiger partial charge in [-0.25, -0.2) is 4.98 Å². The fraction of sp³-hybridized carbons (Fsp3) is 0.400. The smallest absolute Gasteiger partial charge is 0.126 e. The Morgan fingerprint density at radius 2 is 2.43 bits per heavy atom. The van der Waals surface area contributed by atoms with Crippen molar-refractivity contribution in [1.29, 1.82) is 5.26 Å². The van der Waals surface area contributed by atoms with E-state index in [-0.39, 0.29) is 12.6 Å². The molecule has 0 bridgehead atoms. The van der Waals surface area contributed by atoms with Gasteiger partial charge in [-0.2, -0.15) is 5.26 Å². The third-order valence-corrected chi connectivity index (χ3v) is 1.96. The maximum atomic E-state index is 8.95. The molecule has 0 fully saturated rings. The summed E-state index contributed by atoms with van der Waals surface area (Å²) in [5, 5.41) is 20.6. The Bertz CT molecular complexity index is 311. The maximum absolute atomic E-state index is 8.95. The van der Waals surface area contributed by atoms with Crippen LogP contribution in [0.2, 0.25) is 0 Å². The van der Waals surface area contributed by atoms with Crippen molar-refractivity contribution in [2.75, 3.05) is 11.9 Å². The Hall–Kier alpha value is -1.60. The second-order valence-corrected chi connectivity index (χ2v) is 2.98. The summed E-state index contributed by atoms with van der Waals surface area (Å²) < 4.78 is 0. The lowest BCUT2D eigenvalue weighted by Gasteiger charge is -2.14. The molecular formula is C10H13N3O. The van der Waals surface area contributed by atoms with Crippen LogP contribution in [-0.4, -0.2) is 22.7 Å². The molecule has 0 spiro atoms. The third-order valence-electron chi connectivity index (χ3n) is 1.96. The van der Waals surface area contributed by atoms with Crippen molar-refractivity contribution in [3.8, 4) is 6.07 Å². The largest absolute Gasteiger partial charge is 0.394 e. The van der Waals surface area contributed by atoms with E-state index < -0.39 is 0 Å². The summed E-state index contributed by atoms with van der Waals surface area (Å²) in [6.07, 6.45) is 2.34. The highest BCUT2D eigenvalue weighted by Crippen LogP contribution is 2.06. The van der Waals surface area contributed by atoms with Crippen LogP contribution in [0.15, 0.2) is 18.3 Å². The zero-order chi connectivity index (χ0) is 10.4. The molecule has 4 nitrogen and oxygen atoms in total. The van der Waals surface area contributed by atoms with E-state index in [9.17, 15) is 0 Å². The number of hydrogen-bond acceptors (Lipinski definition) is 4. The average Bonchev–Trinajstić information content (AvgIpc) is 2.26. The van der Waals surface area contributed by atoms with Gasteiger partial charge in [-0.05, 0) is 18.6 Å². The first-order valence-corrected chi connectivity index (χ1v) is 4.53. The molecule has 0 aliphatic rings. The van der Waals surface area contributed by atoms with E-state index in [0.29, 0.717) is 11.4 Å². The zero-order valence-corrected chi connectivity index (χ0v) is 8.07. The van der Waals surface area contributed by atoms with Crippen molar-refractivity contribution >= 4 is 5.82 Å². The summed E-state index contributed by atoms with van der Waals surface area (Å²) in [5.74, 6) is 0.685. The van der Waals surface area contributed by atoms with Crippen LogP contribution in [0.1, 0.15) is 18.9 Å². The van der Waals surface area contributed by atoms with Gasteiger partial charge in [0.2, 0.25) is 0 Å². The second-order valence-electron chi connectivity index (χ2n) is 2.98. The predicted octanol–water partition coefficient (Wildman–Crippen LogP) is 1.14. The van der Waals surface area contributed by atoms with Crippen LogP contribution in [0.4, 0.5) is 5.82 Å². The molecule has 74 valence electrons. The predicted molar refractivity (Wildman–Crippen MR) is 53.7 cm³/mol. The van der Waals surface area contributed by atoms with Gasteiger partial charge in [0.25, 0.3) is 0 Å². The van der Waals surface area contributed by atoms with Crippen molar-refractivity contribution in [3.05, 3.63) is 23.9 Å². The van der Waals surface area contributed by atoms with E-state index in [2.05, 4.69) is 10.3 Å². The number of rotatable bonds is 4. The van der Waals surface area contributed by atoms with Gasteiger partial charge in [0, 0.05) is 6.20 Å². The van der Waals surface area contributed by atoms with E-state index in [1.54, 1.807) is 12.1 Å². The number of nitrogens with zero attached hydrogens (tertiary/aromatic N) is 2. The van der Waals surface area contributed by atoms with Crippen molar-refractivity contribution in [1.82, 2.24) is 4.98 Å². The molecule has 1 aromatic heterocycles. The molecule has 0 amide bonds. The number of nitriles is 1. The van der Waals surface area contributed by atoms with E-state index in [0.717, 1.165) is 6.42 Å². The van der Waals surface area contributed by atoms with Crippen LogP contribution >= 0.6 is 0 Å². The molecule has 1 heterocycles. The number of aromatic nitrogens is 1. The van der Waals surface area contributed by atoms with Crippen LogP contribution in [0.5, 0.6) is 0 Å². The third kappa shape index (κ3) is 2.71. The van der Waals surface area contributed by atoms with Gasteiger partial charge in [0.05, 0.1) is 18.2 Å². The lowest BCUT2D eigenvalue weighted by Crippen LogP contribution is -2.23. The van der Waals surface area contributed by atoms with Crippen molar-refractivity contribution < 1.29 is 5.11 Å². The standard InChI is InChI=1S/C10H13N3O/c1-2-9(7-14)13-10-4-3-8(5-11)6-12-10/h3-4,6,9,14H,2,7H2,1H3,(H,12,13)/t9-/m1/s1. The van der Waals surface area contributed by atoms with Gasteiger partial charge in [-0.1, -0.05) is 6.92 Å². The Morgan fingerprint density at radius 1 is 1.64 bits per heavy atom. The number of nitrogens with one attached hydrogen (secondary N) is 1. The van der Waals surface area contributed by atoms with Crippen LogP contribution in [0.3, 0.4) is 0 Å². The lowest BCUT2D eigenvalue weighted by molar-refractivity contribution is 0.271. The van der Waals surface area contributed by atoms with Gasteiger partial charge in [0.1, 0.15) is 11.9 Å². The Labute approximate surface area is 83.2 Å². The summed E-state index contributed by atoms with van der Waals surface area (Å²) in [4.78, 5) is 4.04. The van der Waals surface area contributed by atoms with Crippen molar-refractivity contribution in [3.63, 3.8) is 0 Å². The summed E-state index contributed by atoms with van der Waals surface area (Å²) in [5.41, 5.74) is 0.535. The van der Waals surface area contributed by atoms with Gasteiger partial charge in [-0.15, -0.1) is 0 Å². The zero-order valence-electron chi connectivity index (χ0n) is 8.07. The molecular weight excluding hydrogens is 178 g/mol. The summed E-state index contributed by atoms with van der Waals surface area (Å²) in [6, 6.07) is 5.45. The molecule has 1 atom stereocenters. The van der Waals surface area contributed by atoms with Gasteiger partial charge in [-0.3, -0.25) is 0 Å². The normalized spacial score (nSPS) is 11.8. The molecule has 1 aromatic rings. The molecule has 0 unspecified atom stereocenters. The minimum atomic E-state index is 0.0236. The summed E-state index contributed by atoms with van der Waals surface area (Å²) in [7, 11) is 0. The number of anilines is 1. The summed E-state index contributed by atoms with van der Waals surface area (Å²) >= 11 is 0. The van der Waals surface area contributed by atoms with E-state index in [1.165, 1.54) is 6.20 Å². The quantitative estimate of drug-likeness (QED) is 0.748. The first kappa shape index (κ1) is 10.5. The molecule has 0 aliphatic heterocycles. The minimum Gasteiger partial charge on any atom is -0.394 e. The van der Waals surface area contributed by atoms with Gasteiger partial charge >= 0.3 is 0 Å². The SMILES string of the molecule is CC[C@H](CO)Nc1ccc(C#N)cn1. The topological polar surface area (TPSA) is 68.9 Å². The highest BCUT2D eigenvalue weighted by atomic mass is 16.3. The number of aliphatic hydroxyl groups excluding tert-OH is 1. The molecule has 0 radical (unpaired) electrons. The van der Waals surface area contributed by atoms with Crippen LogP contribution in [0.25, 0.3) is 0 Å². The van der Waals surface area contributed by atoms with Crippen LogP contribution in [-0.2, 0) is 0 Å². The maximum Gasteiger partial charge on any atom is 0.126 e. The molecule has 0 aromatic carbocycles. The summed E-state index contributed by atoms with van der Waals surface area (Å²) in [6.45, 7) is 2.07. The first-order valence-electron chi connectivity index (χ1n) is 4.53.